The van der Waals surface area contributed by atoms with E-state index in [1.54, 1.807) is 4.90 Å². The third-order valence-electron chi connectivity index (χ3n) is 3.41. The standard InChI is InChI=1S/C16H22Cl2N2O2/c1-3-12-6-5-7-13(4-2)16(12)20(15(22)10-18)11-19-14(21)8-9-17/h5-7H,3-4,8-11H2,1-2H3,(H,19,21). The van der Waals surface area contributed by atoms with Crippen LogP contribution in [0.25, 0.3) is 0 Å². The molecule has 2 amide bonds. The van der Waals surface area contributed by atoms with Gasteiger partial charge in [-0.2, -0.15) is 0 Å². The van der Waals surface area contributed by atoms with E-state index in [4.69, 9.17) is 23.2 Å². The van der Waals surface area contributed by atoms with E-state index in [2.05, 4.69) is 5.32 Å². The number of carbonyl (C=O) groups excluding carboxylic acids is 2. The minimum atomic E-state index is -0.233. The Morgan fingerprint density at radius 3 is 2.18 bits per heavy atom. The molecule has 1 aromatic carbocycles. The molecule has 0 saturated carbocycles. The number of rotatable bonds is 8. The van der Waals surface area contributed by atoms with Crippen LogP contribution in [0.15, 0.2) is 18.2 Å². The average Bonchev–Trinajstić information content (AvgIpc) is 2.54. The van der Waals surface area contributed by atoms with Gasteiger partial charge in [0.2, 0.25) is 11.8 Å². The average molecular weight is 345 g/mol. The lowest BCUT2D eigenvalue weighted by molar-refractivity contribution is -0.120. The first-order chi connectivity index (χ1) is 10.6. The van der Waals surface area contributed by atoms with Gasteiger partial charge >= 0.3 is 0 Å². The van der Waals surface area contributed by atoms with Gasteiger partial charge in [-0.05, 0) is 24.0 Å². The summed E-state index contributed by atoms with van der Waals surface area (Å²) in [5.41, 5.74) is 2.97. The largest absolute Gasteiger partial charge is 0.338 e. The molecule has 0 spiro atoms. The molecular formula is C16H22Cl2N2O2. The molecule has 0 aliphatic carbocycles. The van der Waals surface area contributed by atoms with Gasteiger partial charge < -0.3 is 5.32 Å². The Morgan fingerprint density at radius 2 is 1.73 bits per heavy atom. The molecule has 0 radical (unpaired) electrons. The molecule has 122 valence electrons. The fraction of sp³-hybridized carbons (Fsp3) is 0.500. The molecule has 0 aliphatic rings. The first kappa shape index (κ1) is 18.8. The molecule has 0 fully saturated rings. The van der Waals surface area contributed by atoms with E-state index >= 15 is 0 Å². The molecular weight excluding hydrogens is 323 g/mol. The van der Waals surface area contributed by atoms with Crippen LogP contribution in [0.3, 0.4) is 0 Å². The number of nitrogens with zero attached hydrogens (tertiary/aromatic N) is 1. The van der Waals surface area contributed by atoms with Gasteiger partial charge in [0.05, 0.1) is 12.4 Å². The monoisotopic (exact) mass is 344 g/mol. The number of amides is 2. The lowest BCUT2D eigenvalue weighted by atomic mass is 10.0. The lowest BCUT2D eigenvalue weighted by Crippen LogP contribution is -2.43. The molecule has 0 aliphatic heterocycles. The third kappa shape index (κ3) is 4.89. The highest BCUT2D eigenvalue weighted by atomic mass is 35.5. The van der Waals surface area contributed by atoms with Crippen LogP contribution in [-0.2, 0) is 22.4 Å². The first-order valence-electron chi connectivity index (χ1n) is 7.38. The molecule has 0 unspecified atom stereocenters. The van der Waals surface area contributed by atoms with E-state index in [1.165, 1.54) is 0 Å². The molecule has 6 heteroatoms. The van der Waals surface area contributed by atoms with Gasteiger partial charge in [-0.1, -0.05) is 32.0 Å². The fourth-order valence-electron chi connectivity index (χ4n) is 2.27. The lowest BCUT2D eigenvalue weighted by Gasteiger charge is -2.27. The number of benzene rings is 1. The summed E-state index contributed by atoms with van der Waals surface area (Å²) in [6.07, 6.45) is 1.82. The van der Waals surface area contributed by atoms with Crippen molar-refractivity contribution in [2.24, 2.45) is 0 Å². The molecule has 1 aromatic rings. The Bertz CT molecular complexity index is 499. The van der Waals surface area contributed by atoms with E-state index in [-0.39, 0.29) is 36.7 Å². The van der Waals surface area contributed by atoms with E-state index in [9.17, 15) is 9.59 Å². The zero-order chi connectivity index (χ0) is 16.5. The van der Waals surface area contributed by atoms with Crippen molar-refractivity contribution in [3.63, 3.8) is 0 Å². The Balaban J connectivity index is 3.11. The van der Waals surface area contributed by atoms with Gasteiger partial charge in [0, 0.05) is 12.3 Å². The van der Waals surface area contributed by atoms with Crippen LogP contribution >= 0.6 is 23.2 Å². The van der Waals surface area contributed by atoms with Crippen LogP contribution in [0, 0.1) is 0 Å². The number of para-hydroxylation sites is 1. The number of hydrogen-bond acceptors (Lipinski definition) is 2. The predicted octanol–water partition coefficient (Wildman–Crippen LogP) is 3.09. The predicted molar refractivity (Wildman–Crippen MR) is 91.8 cm³/mol. The van der Waals surface area contributed by atoms with Gasteiger partial charge in [-0.15, -0.1) is 23.2 Å². The molecule has 0 saturated heterocycles. The number of nitrogens with one attached hydrogen (secondary N) is 1. The Morgan fingerprint density at radius 1 is 1.14 bits per heavy atom. The van der Waals surface area contributed by atoms with E-state index < -0.39 is 0 Å². The van der Waals surface area contributed by atoms with Crippen LogP contribution in [0.5, 0.6) is 0 Å². The Labute approximate surface area is 141 Å². The highest BCUT2D eigenvalue weighted by Gasteiger charge is 2.20. The number of aryl methyl sites for hydroxylation is 2. The second-order valence-electron chi connectivity index (χ2n) is 4.78. The summed E-state index contributed by atoms with van der Waals surface area (Å²) in [6, 6.07) is 5.96. The summed E-state index contributed by atoms with van der Waals surface area (Å²) >= 11 is 11.3. The second-order valence-corrected chi connectivity index (χ2v) is 5.43. The molecule has 0 bridgehead atoms. The third-order valence-corrected chi connectivity index (χ3v) is 3.82. The van der Waals surface area contributed by atoms with Crippen molar-refractivity contribution >= 4 is 40.7 Å². The SMILES string of the molecule is CCc1cccc(CC)c1N(CNC(=O)CCCl)C(=O)CCl. The summed E-state index contributed by atoms with van der Waals surface area (Å²) in [4.78, 5) is 25.4. The van der Waals surface area contributed by atoms with Crippen molar-refractivity contribution in [3.8, 4) is 0 Å². The van der Waals surface area contributed by atoms with E-state index in [1.807, 2.05) is 32.0 Å². The summed E-state index contributed by atoms with van der Waals surface area (Å²) in [5, 5.41) is 2.72. The normalized spacial score (nSPS) is 10.4. The molecule has 0 heterocycles. The molecule has 0 aromatic heterocycles. The minimum Gasteiger partial charge on any atom is -0.338 e. The van der Waals surface area contributed by atoms with E-state index in [0.29, 0.717) is 0 Å². The van der Waals surface area contributed by atoms with Crippen molar-refractivity contribution in [2.45, 2.75) is 33.1 Å². The first-order valence-corrected chi connectivity index (χ1v) is 8.45. The molecule has 0 atom stereocenters. The smallest absolute Gasteiger partial charge is 0.243 e. The topological polar surface area (TPSA) is 49.4 Å². The summed E-state index contributed by atoms with van der Waals surface area (Å²) < 4.78 is 0. The van der Waals surface area contributed by atoms with Crippen molar-refractivity contribution in [1.82, 2.24) is 5.32 Å². The summed E-state index contributed by atoms with van der Waals surface area (Å²) in [6.45, 7) is 4.17. The summed E-state index contributed by atoms with van der Waals surface area (Å²) in [7, 11) is 0. The minimum absolute atomic E-state index is 0.102. The Hall–Kier alpha value is -1.26. The van der Waals surface area contributed by atoms with Gasteiger partial charge in [0.15, 0.2) is 0 Å². The van der Waals surface area contributed by atoms with Crippen molar-refractivity contribution < 1.29 is 9.59 Å². The van der Waals surface area contributed by atoms with Crippen LogP contribution in [-0.4, -0.2) is 30.2 Å². The zero-order valence-electron chi connectivity index (χ0n) is 13.0. The molecule has 4 nitrogen and oxygen atoms in total. The number of halogens is 2. The maximum absolute atomic E-state index is 12.2. The second kappa shape index (κ2) is 9.70. The number of hydrogen-bond donors (Lipinski definition) is 1. The van der Waals surface area contributed by atoms with Gasteiger partial charge in [0.25, 0.3) is 0 Å². The van der Waals surface area contributed by atoms with Crippen LogP contribution in [0.2, 0.25) is 0 Å². The Kier molecular flexibility index (Phi) is 8.28. The number of carbonyl (C=O) groups is 2. The van der Waals surface area contributed by atoms with Crippen LogP contribution in [0.4, 0.5) is 5.69 Å². The highest BCUT2D eigenvalue weighted by Crippen LogP contribution is 2.27. The van der Waals surface area contributed by atoms with Crippen LogP contribution < -0.4 is 10.2 Å². The van der Waals surface area contributed by atoms with Gasteiger partial charge in [-0.3, -0.25) is 14.5 Å². The number of alkyl halides is 2. The van der Waals surface area contributed by atoms with E-state index in [0.717, 1.165) is 29.7 Å². The van der Waals surface area contributed by atoms with Crippen LogP contribution in [0.1, 0.15) is 31.4 Å². The molecule has 1 N–H and O–H groups in total. The molecule has 1 rings (SSSR count). The van der Waals surface area contributed by atoms with Gasteiger partial charge in [-0.25, -0.2) is 0 Å². The highest BCUT2D eigenvalue weighted by molar-refractivity contribution is 6.29. The maximum atomic E-state index is 12.2. The maximum Gasteiger partial charge on any atom is 0.243 e. The quantitative estimate of drug-likeness (QED) is 0.581. The van der Waals surface area contributed by atoms with Gasteiger partial charge in [0.1, 0.15) is 5.88 Å². The van der Waals surface area contributed by atoms with Crippen molar-refractivity contribution in [1.29, 1.82) is 0 Å². The molecule has 22 heavy (non-hydrogen) atoms. The van der Waals surface area contributed by atoms with Crippen molar-refractivity contribution in [3.05, 3.63) is 29.3 Å². The summed E-state index contributed by atoms with van der Waals surface area (Å²) in [5.74, 6) is -0.300. The van der Waals surface area contributed by atoms with Crippen molar-refractivity contribution in [2.75, 3.05) is 23.3 Å². The fourth-order valence-corrected chi connectivity index (χ4v) is 2.58. The zero-order valence-corrected chi connectivity index (χ0v) is 14.5. The number of anilines is 1.